The van der Waals surface area contributed by atoms with Crippen molar-refractivity contribution in [3.05, 3.63) is 30.1 Å². The van der Waals surface area contributed by atoms with E-state index in [0.29, 0.717) is 44.7 Å². The molecule has 0 spiro atoms. The highest BCUT2D eigenvalue weighted by Crippen LogP contribution is 2.23. The molecule has 2 saturated heterocycles. The Morgan fingerprint density at radius 1 is 1.16 bits per heavy atom. The Balaban J connectivity index is 1.53. The van der Waals surface area contributed by atoms with Gasteiger partial charge in [-0.2, -0.15) is 0 Å². The first kappa shape index (κ1) is 17.8. The van der Waals surface area contributed by atoms with Crippen LogP contribution in [-0.4, -0.2) is 72.0 Å². The number of hydrogen-bond acceptors (Lipinski definition) is 5. The maximum atomic E-state index is 12.8. The van der Waals surface area contributed by atoms with Gasteiger partial charge < -0.3 is 20.3 Å². The molecule has 2 amide bonds. The van der Waals surface area contributed by atoms with Crippen molar-refractivity contribution in [2.45, 2.75) is 31.4 Å². The SMILES string of the molecule is CO[C@H]1CN(C(=O)C2CCN(C(=O)c3ccccn3)CC2)CC[C@H]1N. The van der Waals surface area contributed by atoms with E-state index in [1.807, 2.05) is 11.0 Å². The molecule has 3 rings (SSSR count). The second kappa shape index (κ2) is 7.93. The molecule has 7 nitrogen and oxygen atoms in total. The molecular weight excluding hydrogens is 320 g/mol. The van der Waals surface area contributed by atoms with Gasteiger partial charge in [0, 0.05) is 51.4 Å². The van der Waals surface area contributed by atoms with Gasteiger partial charge in [0.15, 0.2) is 0 Å². The maximum absolute atomic E-state index is 12.8. The van der Waals surface area contributed by atoms with Crippen LogP contribution in [0, 0.1) is 5.92 Å². The van der Waals surface area contributed by atoms with E-state index in [4.69, 9.17) is 10.5 Å². The van der Waals surface area contributed by atoms with E-state index in [1.54, 1.807) is 30.3 Å². The maximum Gasteiger partial charge on any atom is 0.272 e. The van der Waals surface area contributed by atoms with Gasteiger partial charge in [0.2, 0.25) is 5.91 Å². The highest BCUT2D eigenvalue weighted by atomic mass is 16.5. The van der Waals surface area contributed by atoms with Gasteiger partial charge in [-0.3, -0.25) is 14.6 Å². The van der Waals surface area contributed by atoms with E-state index >= 15 is 0 Å². The molecule has 3 heterocycles. The molecule has 0 radical (unpaired) electrons. The zero-order chi connectivity index (χ0) is 17.8. The number of pyridine rings is 1. The summed E-state index contributed by atoms with van der Waals surface area (Å²) in [5.74, 6) is 0.0772. The lowest BCUT2D eigenvalue weighted by Gasteiger charge is -2.39. The Bertz CT molecular complexity index is 602. The average Bonchev–Trinajstić information content (AvgIpc) is 2.68. The molecule has 0 bridgehead atoms. The van der Waals surface area contributed by atoms with Crippen molar-refractivity contribution in [3.8, 4) is 0 Å². The fourth-order valence-electron chi connectivity index (χ4n) is 3.62. The van der Waals surface area contributed by atoms with E-state index in [0.717, 1.165) is 6.42 Å². The molecule has 2 fully saturated rings. The van der Waals surface area contributed by atoms with E-state index in [9.17, 15) is 9.59 Å². The van der Waals surface area contributed by atoms with Crippen LogP contribution >= 0.6 is 0 Å². The first-order valence-corrected chi connectivity index (χ1v) is 8.87. The molecule has 2 aliphatic rings. The van der Waals surface area contributed by atoms with Gasteiger partial charge in [-0.1, -0.05) is 6.07 Å². The molecule has 0 unspecified atom stereocenters. The number of amides is 2. The van der Waals surface area contributed by atoms with Crippen molar-refractivity contribution >= 4 is 11.8 Å². The number of piperidine rings is 2. The minimum absolute atomic E-state index is 0.00751. The van der Waals surface area contributed by atoms with Gasteiger partial charge in [0.1, 0.15) is 5.69 Å². The standard InChI is InChI=1S/C18H26N4O3/c1-25-16-12-22(11-7-14(16)19)17(23)13-5-9-21(10-6-13)18(24)15-4-2-3-8-20-15/h2-4,8,13-14,16H,5-7,9-12,19H2,1H3/t14-,16+/m1/s1. The first-order valence-electron chi connectivity index (χ1n) is 8.87. The summed E-state index contributed by atoms with van der Waals surface area (Å²) in [6.07, 6.45) is 3.68. The number of aromatic nitrogens is 1. The van der Waals surface area contributed by atoms with Gasteiger partial charge in [-0.25, -0.2) is 0 Å². The Morgan fingerprint density at radius 2 is 1.88 bits per heavy atom. The lowest BCUT2D eigenvalue weighted by atomic mass is 9.93. The predicted octanol–water partition coefficient (Wildman–Crippen LogP) is 0.508. The van der Waals surface area contributed by atoms with Gasteiger partial charge in [0.25, 0.3) is 5.91 Å². The predicted molar refractivity (Wildman–Crippen MR) is 92.8 cm³/mol. The third-order valence-electron chi connectivity index (χ3n) is 5.24. The van der Waals surface area contributed by atoms with Crippen molar-refractivity contribution in [1.29, 1.82) is 0 Å². The van der Waals surface area contributed by atoms with Crippen molar-refractivity contribution in [2.24, 2.45) is 11.7 Å². The summed E-state index contributed by atoms with van der Waals surface area (Å²) >= 11 is 0. The molecule has 1 aromatic heterocycles. The van der Waals surface area contributed by atoms with Crippen molar-refractivity contribution < 1.29 is 14.3 Å². The Morgan fingerprint density at radius 3 is 2.52 bits per heavy atom. The third-order valence-corrected chi connectivity index (χ3v) is 5.24. The zero-order valence-corrected chi connectivity index (χ0v) is 14.6. The zero-order valence-electron chi connectivity index (χ0n) is 14.6. The van der Waals surface area contributed by atoms with Gasteiger partial charge in [0.05, 0.1) is 6.10 Å². The first-order chi connectivity index (χ1) is 12.1. The molecule has 0 aromatic carbocycles. The smallest absolute Gasteiger partial charge is 0.272 e. The number of nitrogens with zero attached hydrogens (tertiary/aromatic N) is 3. The van der Waals surface area contributed by atoms with Crippen LogP contribution in [-0.2, 0) is 9.53 Å². The molecule has 136 valence electrons. The van der Waals surface area contributed by atoms with Crippen molar-refractivity contribution in [3.63, 3.8) is 0 Å². The number of rotatable bonds is 3. The quantitative estimate of drug-likeness (QED) is 0.861. The molecule has 2 N–H and O–H groups in total. The summed E-state index contributed by atoms with van der Waals surface area (Å²) in [6.45, 7) is 2.43. The lowest BCUT2D eigenvalue weighted by molar-refractivity contribution is -0.141. The number of methoxy groups -OCH3 is 1. The molecular formula is C18H26N4O3. The largest absolute Gasteiger partial charge is 0.378 e. The highest BCUT2D eigenvalue weighted by Gasteiger charge is 2.34. The molecule has 7 heteroatoms. The van der Waals surface area contributed by atoms with Crippen molar-refractivity contribution in [1.82, 2.24) is 14.8 Å². The fraction of sp³-hybridized carbons (Fsp3) is 0.611. The summed E-state index contributed by atoms with van der Waals surface area (Å²) in [6, 6.07) is 5.32. The fourth-order valence-corrected chi connectivity index (χ4v) is 3.62. The van der Waals surface area contributed by atoms with Gasteiger partial charge in [-0.05, 0) is 31.4 Å². The van der Waals surface area contributed by atoms with Crippen LogP contribution in [0.25, 0.3) is 0 Å². The highest BCUT2D eigenvalue weighted by molar-refractivity contribution is 5.92. The number of carbonyl (C=O) groups is 2. The van der Waals surface area contributed by atoms with Crippen LogP contribution in [0.3, 0.4) is 0 Å². The third kappa shape index (κ3) is 3.99. The number of carbonyl (C=O) groups excluding carboxylic acids is 2. The van der Waals surface area contributed by atoms with Gasteiger partial charge in [-0.15, -0.1) is 0 Å². The second-order valence-electron chi connectivity index (χ2n) is 6.79. The Hall–Kier alpha value is -1.99. The molecule has 2 atom stereocenters. The summed E-state index contributed by atoms with van der Waals surface area (Å²) in [5.41, 5.74) is 6.48. The van der Waals surface area contributed by atoms with Crippen LogP contribution in [0.1, 0.15) is 29.8 Å². The molecule has 0 aliphatic carbocycles. The van der Waals surface area contributed by atoms with Crippen LogP contribution < -0.4 is 5.73 Å². The second-order valence-corrected chi connectivity index (χ2v) is 6.79. The average molecular weight is 346 g/mol. The minimum Gasteiger partial charge on any atom is -0.378 e. The van der Waals surface area contributed by atoms with Crippen LogP contribution in [0.4, 0.5) is 0 Å². The van der Waals surface area contributed by atoms with E-state index in [-0.39, 0.29) is 29.9 Å². The topological polar surface area (TPSA) is 88.8 Å². The van der Waals surface area contributed by atoms with Gasteiger partial charge >= 0.3 is 0 Å². The van der Waals surface area contributed by atoms with Crippen molar-refractivity contribution in [2.75, 3.05) is 33.3 Å². The normalized spacial score (nSPS) is 25.0. The summed E-state index contributed by atoms with van der Waals surface area (Å²) < 4.78 is 5.39. The molecule has 25 heavy (non-hydrogen) atoms. The minimum atomic E-state index is -0.0940. The summed E-state index contributed by atoms with van der Waals surface area (Å²) in [5, 5.41) is 0. The van der Waals surface area contributed by atoms with E-state index in [1.165, 1.54) is 0 Å². The molecule has 2 aliphatic heterocycles. The van der Waals surface area contributed by atoms with Crippen LogP contribution in [0.5, 0.6) is 0 Å². The van der Waals surface area contributed by atoms with E-state index in [2.05, 4.69) is 4.98 Å². The number of nitrogens with two attached hydrogens (primary N) is 1. The number of likely N-dealkylation sites (tertiary alicyclic amines) is 2. The molecule has 1 aromatic rings. The Kier molecular flexibility index (Phi) is 5.65. The number of hydrogen-bond donors (Lipinski definition) is 1. The lowest BCUT2D eigenvalue weighted by Crippen LogP contribution is -2.55. The Labute approximate surface area is 148 Å². The van der Waals surface area contributed by atoms with Crippen LogP contribution in [0.2, 0.25) is 0 Å². The summed E-state index contributed by atoms with van der Waals surface area (Å²) in [7, 11) is 1.64. The summed E-state index contributed by atoms with van der Waals surface area (Å²) in [4.78, 5) is 33.0. The van der Waals surface area contributed by atoms with Crippen LogP contribution in [0.15, 0.2) is 24.4 Å². The number of ether oxygens (including phenoxy) is 1. The van der Waals surface area contributed by atoms with E-state index < -0.39 is 0 Å². The molecule has 0 saturated carbocycles. The monoisotopic (exact) mass is 346 g/mol.